The molecule has 0 unspecified atom stereocenters. The van der Waals surface area contributed by atoms with Crippen LogP contribution in [-0.2, 0) is 9.53 Å². The van der Waals surface area contributed by atoms with E-state index in [1.54, 1.807) is 19.1 Å². The van der Waals surface area contributed by atoms with Crippen LogP contribution < -0.4 is 5.32 Å². The van der Waals surface area contributed by atoms with Crippen LogP contribution in [-0.4, -0.2) is 42.5 Å². The number of amides is 1. The lowest BCUT2D eigenvalue weighted by atomic mass is 10.0. The highest BCUT2D eigenvalue weighted by Gasteiger charge is 2.30. The first-order valence-corrected chi connectivity index (χ1v) is 10.2. The molecule has 1 aromatic carbocycles. The van der Waals surface area contributed by atoms with E-state index in [0.717, 1.165) is 18.4 Å². The number of hydrogen-bond donors (Lipinski definition) is 1. The van der Waals surface area contributed by atoms with Crippen LogP contribution in [0.15, 0.2) is 29.6 Å². The molecule has 146 valence electrons. The fraction of sp³-hybridized carbons (Fsp3) is 0.350. The quantitative estimate of drug-likeness (QED) is 0.514. The van der Waals surface area contributed by atoms with Crippen molar-refractivity contribution < 1.29 is 14.3 Å². The summed E-state index contributed by atoms with van der Waals surface area (Å²) in [6.07, 6.45) is 2.01. The normalized spacial score (nSPS) is 13.2. The Morgan fingerprint density at radius 2 is 2.07 bits per heavy atom. The lowest BCUT2D eigenvalue weighted by Crippen LogP contribution is -2.35. The summed E-state index contributed by atoms with van der Waals surface area (Å²) < 4.78 is 5.20. The number of anilines is 1. The number of nitrogens with one attached hydrogen (secondary N) is 1. The van der Waals surface area contributed by atoms with Gasteiger partial charge < -0.3 is 10.1 Å². The van der Waals surface area contributed by atoms with Crippen LogP contribution in [0.1, 0.15) is 30.1 Å². The Hall–Kier alpha value is -2.40. The second kappa shape index (κ2) is 9.20. The molecule has 3 rings (SSSR count). The molecule has 1 N–H and O–H groups in total. The zero-order chi connectivity index (χ0) is 20.1. The molecule has 0 saturated heterocycles. The Morgan fingerprint density at radius 1 is 1.36 bits per heavy atom. The number of nitrogens with zero attached hydrogens (tertiary/aromatic N) is 2. The van der Waals surface area contributed by atoms with E-state index in [0.29, 0.717) is 27.2 Å². The van der Waals surface area contributed by atoms with Gasteiger partial charge in [0.25, 0.3) is 0 Å². The van der Waals surface area contributed by atoms with Crippen molar-refractivity contribution in [2.24, 2.45) is 0 Å². The van der Waals surface area contributed by atoms with E-state index in [4.69, 9.17) is 21.6 Å². The number of rotatable bonds is 8. The molecule has 28 heavy (non-hydrogen) atoms. The van der Waals surface area contributed by atoms with Gasteiger partial charge in [-0.2, -0.15) is 5.26 Å². The first-order valence-electron chi connectivity index (χ1n) is 8.98. The fourth-order valence-electron chi connectivity index (χ4n) is 2.89. The average molecular weight is 418 g/mol. The molecule has 0 aliphatic heterocycles. The average Bonchev–Trinajstić information content (AvgIpc) is 3.43. The minimum absolute atomic E-state index is 0.120. The largest absolute Gasteiger partial charge is 0.462 e. The zero-order valence-electron chi connectivity index (χ0n) is 15.4. The van der Waals surface area contributed by atoms with Gasteiger partial charge in [0.05, 0.1) is 25.8 Å². The maximum absolute atomic E-state index is 12.6. The zero-order valence-corrected chi connectivity index (χ0v) is 17.0. The van der Waals surface area contributed by atoms with Crippen LogP contribution in [0, 0.1) is 11.3 Å². The maximum Gasteiger partial charge on any atom is 0.341 e. The van der Waals surface area contributed by atoms with Crippen LogP contribution >= 0.6 is 22.9 Å². The van der Waals surface area contributed by atoms with Gasteiger partial charge in [0, 0.05) is 22.0 Å². The van der Waals surface area contributed by atoms with Gasteiger partial charge in [-0.15, -0.1) is 11.3 Å². The van der Waals surface area contributed by atoms with Gasteiger partial charge >= 0.3 is 5.97 Å². The molecule has 1 amide bonds. The van der Waals surface area contributed by atoms with Gasteiger partial charge in [0.1, 0.15) is 10.6 Å². The SMILES string of the molecule is CCOC(=O)c1c(-c2ccc(Cl)cc2)csc1NC(=O)CN(CC#N)C1CC1. The molecular formula is C20H20ClN3O3S. The standard InChI is InChI=1S/C20H20ClN3O3S/c1-2-27-20(26)18-16(13-3-5-14(21)6-4-13)12-28-19(18)23-17(25)11-24(10-9-22)15-7-8-15/h3-6,12,15H,2,7-8,10-11H2,1H3,(H,23,25). The Kier molecular flexibility index (Phi) is 6.68. The highest BCUT2D eigenvalue weighted by atomic mass is 35.5. The molecule has 1 aromatic heterocycles. The van der Waals surface area contributed by atoms with Gasteiger partial charge in [-0.25, -0.2) is 4.79 Å². The third-order valence-electron chi connectivity index (χ3n) is 4.36. The van der Waals surface area contributed by atoms with Gasteiger partial charge in [0.2, 0.25) is 5.91 Å². The van der Waals surface area contributed by atoms with E-state index in [9.17, 15) is 9.59 Å². The number of thiophene rings is 1. The Labute approximate surface area is 172 Å². The Bertz CT molecular complexity index is 900. The molecular weight excluding hydrogens is 398 g/mol. The van der Waals surface area contributed by atoms with E-state index < -0.39 is 5.97 Å². The summed E-state index contributed by atoms with van der Waals surface area (Å²) in [5.41, 5.74) is 1.83. The highest BCUT2D eigenvalue weighted by molar-refractivity contribution is 7.15. The molecule has 2 aromatic rings. The number of benzene rings is 1. The molecule has 1 aliphatic rings. The van der Waals surface area contributed by atoms with Crippen molar-refractivity contribution in [3.05, 3.63) is 40.2 Å². The smallest absolute Gasteiger partial charge is 0.341 e. The van der Waals surface area contributed by atoms with Crippen molar-refractivity contribution in [1.29, 1.82) is 5.26 Å². The minimum atomic E-state index is -0.486. The number of ether oxygens (including phenoxy) is 1. The Balaban J connectivity index is 1.83. The molecule has 1 aliphatic carbocycles. The van der Waals surface area contributed by atoms with Crippen LogP contribution in [0.4, 0.5) is 5.00 Å². The van der Waals surface area contributed by atoms with E-state index in [1.807, 2.05) is 22.4 Å². The van der Waals surface area contributed by atoms with Crippen molar-refractivity contribution >= 4 is 39.8 Å². The van der Waals surface area contributed by atoms with Gasteiger partial charge in [-0.05, 0) is 37.5 Å². The molecule has 8 heteroatoms. The molecule has 1 fully saturated rings. The first kappa shape index (κ1) is 20.3. The number of carbonyl (C=O) groups excluding carboxylic acids is 2. The second-order valence-electron chi connectivity index (χ2n) is 6.42. The third-order valence-corrected chi connectivity index (χ3v) is 5.51. The summed E-state index contributed by atoms with van der Waals surface area (Å²) in [5, 5.41) is 14.6. The predicted octanol–water partition coefficient (Wildman–Crippen LogP) is 4.17. The summed E-state index contributed by atoms with van der Waals surface area (Å²) in [4.78, 5) is 26.9. The molecule has 0 radical (unpaired) electrons. The van der Waals surface area contributed by atoms with Crippen molar-refractivity contribution in [2.45, 2.75) is 25.8 Å². The van der Waals surface area contributed by atoms with Crippen molar-refractivity contribution in [1.82, 2.24) is 4.90 Å². The van der Waals surface area contributed by atoms with Crippen LogP contribution in [0.3, 0.4) is 0 Å². The van der Waals surface area contributed by atoms with E-state index >= 15 is 0 Å². The van der Waals surface area contributed by atoms with Crippen molar-refractivity contribution in [2.75, 3.05) is 25.0 Å². The first-order chi connectivity index (χ1) is 13.5. The fourth-order valence-corrected chi connectivity index (χ4v) is 3.99. The topological polar surface area (TPSA) is 82.4 Å². The van der Waals surface area contributed by atoms with Crippen LogP contribution in [0.25, 0.3) is 11.1 Å². The number of nitriles is 1. The monoisotopic (exact) mass is 417 g/mol. The number of esters is 1. The molecule has 0 bridgehead atoms. The van der Waals surface area contributed by atoms with Gasteiger partial charge in [0.15, 0.2) is 0 Å². The van der Waals surface area contributed by atoms with E-state index in [-0.39, 0.29) is 25.6 Å². The van der Waals surface area contributed by atoms with Crippen LogP contribution in [0.2, 0.25) is 5.02 Å². The van der Waals surface area contributed by atoms with E-state index in [1.165, 1.54) is 11.3 Å². The molecule has 0 atom stereocenters. The number of hydrogen-bond acceptors (Lipinski definition) is 6. The summed E-state index contributed by atoms with van der Waals surface area (Å²) in [7, 11) is 0. The number of halogens is 1. The lowest BCUT2D eigenvalue weighted by Gasteiger charge is -2.17. The van der Waals surface area contributed by atoms with Gasteiger partial charge in [-0.1, -0.05) is 23.7 Å². The summed E-state index contributed by atoms with van der Waals surface area (Å²) in [6, 6.07) is 9.53. The molecule has 1 heterocycles. The minimum Gasteiger partial charge on any atom is -0.462 e. The summed E-state index contributed by atoms with van der Waals surface area (Å²) >= 11 is 7.23. The summed E-state index contributed by atoms with van der Waals surface area (Å²) in [6.45, 7) is 2.30. The molecule has 1 saturated carbocycles. The number of carbonyl (C=O) groups is 2. The maximum atomic E-state index is 12.6. The summed E-state index contributed by atoms with van der Waals surface area (Å²) in [5.74, 6) is -0.739. The van der Waals surface area contributed by atoms with Crippen LogP contribution in [0.5, 0.6) is 0 Å². The molecule has 0 spiro atoms. The third kappa shape index (κ3) is 4.90. The lowest BCUT2D eigenvalue weighted by molar-refractivity contribution is -0.117. The Morgan fingerprint density at radius 3 is 2.68 bits per heavy atom. The van der Waals surface area contributed by atoms with Gasteiger partial charge in [-0.3, -0.25) is 9.69 Å². The van der Waals surface area contributed by atoms with E-state index in [2.05, 4.69) is 11.4 Å². The molecule has 6 nitrogen and oxygen atoms in total. The highest BCUT2D eigenvalue weighted by Crippen LogP contribution is 2.37. The predicted molar refractivity (Wildman–Crippen MR) is 110 cm³/mol. The van der Waals surface area contributed by atoms with Crippen molar-refractivity contribution in [3.8, 4) is 17.2 Å². The van der Waals surface area contributed by atoms with Crippen molar-refractivity contribution in [3.63, 3.8) is 0 Å². The second-order valence-corrected chi connectivity index (χ2v) is 7.74.